The largest absolute Gasteiger partial charge is 0.416 e. The molecular formula is C24H19F3N4O. The number of aromatic amines is 1. The van der Waals surface area contributed by atoms with Crippen molar-refractivity contribution >= 4 is 22.6 Å². The maximum absolute atomic E-state index is 13.1. The first-order chi connectivity index (χ1) is 15.3. The van der Waals surface area contributed by atoms with Crippen LogP contribution < -0.4 is 5.32 Å². The van der Waals surface area contributed by atoms with Crippen molar-refractivity contribution in [3.05, 3.63) is 77.6 Å². The number of rotatable bonds is 4. The zero-order chi connectivity index (χ0) is 22.5. The molecule has 5 nitrogen and oxygen atoms in total. The molecule has 162 valence electrons. The third-order valence-electron chi connectivity index (χ3n) is 5.93. The number of aromatic nitrogens is 3. The van der Waals surface area contributed by atoms with E-state index >= 15 is 0 Å². The summed E-state index contributed by atoms with van der Waals surface area (Å²) in [5.41, 5.74) is 2.81. The Bertz CT molecular complexity index is 1320. The molecule has 0 saturated heterocycles. The van der Waals surface area contributed by atoms with Gasteiger partial charge in [0.15, 0.2) is 5.65 Å². The fraction of sp³-hybridized carbons (Fsp3) is 0.208. The van der Waals surface area contributed by atoms with Crippen LogP contribution in [0.2, 0.25) is 0 Å². The van der Waals surface area contributed by atoms with Gasteiger partial charge in [-0.25, -0.2) is 4.98 Å². The average Bonchev–Trinajstić information content (AvgIpc) is 3.45. The van der Waals surface area contributed by atoms with Crippen molar-refractivity contribution < 1.29 is 18.0 Å². The minimum Gasteiger partial charge on any atom is -0.325 e. The minimum atomic E-state index is -4.44. The number of fused-ring (bicyclic) bond motifs is 1. The van der Waals surface area contributed by atoms with Crippen LogP contribution in [0.1, 0.15) is 29.7 Å². The lowest BCUT2D eigenvalue weighted by Crippen LogP contribution is -2.28. The molecule has 2 aromatic heterocycles. The highest BCUT2D eigenvalue weighted by atomic mass is 19.4. The highest BCUT2D eigenvalue weighted by Crippen LogP contribution is 2.50. The van der Waals surface area contributed by atoms with Gasteiger partial charge in [-0.1, -0.05) is 30.3 Å². The predicted octanol–water partition coefficient (Wildman–Crippen LogP) is 5.62. The molecule has 1 fully saturated rings. The number of hydrogen-bond donors (Lipinski definition) is 2. The molecule has 1 aliphatic carbocycles. The van der Waals surface area contributed by atoms with Crippen LogP contribution in [0.4, 0.5) is 18.9 Å². The van der Waals surface area contributed by atoms with Gasteiger partial charge in [0.2, 0.25) is 5.91 Å². The van der Waals surface area contributed by atoms with E-state index in [1.807, 2.05) is 25.1 Å². The standard InChI is InChI=1S/C24H19F3N4O/c1-14-11-19(20-13-28-31-21(20)29-14)15-5-7-18(8-6-15)30-22(32)23(9-10-23)16-3-2-4-17(12-16)24(25,26)27/h2-8,11-13H,9-10H2,1H3,(H,30,32)(H,28,29,31). The Morgan fingerprint density at radius 1 is 1.09 bits per heavy atom. The molecule has 1 saturated carbocycles. The number of alkyl halides is 3. The Morgan fingerprint density at radius 2 is 1.84 bits per heavy atom. The van der Waals surface area contributed by atoms with Gasteiger partial charge in [-0.15, -0.1) is 0 Å². The van der Waals surface area contributed by atoms with Crippen LogP contribution >= 0.6 is 0 Å². The van der Waals surface area contributed by atoms with E-state index in [0.717, 1.165) is 34.3 Å². The van der Waals surface area contributed by atoms with Gasteiger partial charge in [0.25, 0.3) is 0 Å². The van der Waals surface area contributed by atoms with Crippen molar-refractivity contribution in [1.82, 2.24) is 15.2 Å². The quantitative estimate of drug-likeness (QED) is 0.436. The monoisotopic (exact) mass is 436 g/mol. The third kappa shape index (κ3) is 3.51. The lowest BCUT2D eigenvalue weighted by molar-refractivity contribution is -0.137. The number of H-pyrrole nitrogens is 1. The molecule has 0 unspecified atom stereocenters. The summed E-state index contributed by atoms with van der Waals surface area (Å²) in [6.07, 6.45) is -1.68. The first-order valence-electron chi connectivity index (χ1n) is 10.2. The summed E-state index contributed by atoms with van der Waals surface area (Å²) in [6, 6.07) is 14.4. The predicted molar refractivity (Wildman–Crippen MR) is 115 cm³/mol. The number of carbonyl (C=O) groups is 1. The molecule has 0 bridgehead atoms. The molecule has 2 heterocycles. The van der Waals surface area contributed by atoms with E-state index in [1.54, 1.807) is 24.4 Å². The molecule has 32 heavy (non-hydrogen) atoms. The summed E-state index contributed by atoms with van der Waals surface area (Å²) in [7, 11) is 0. The van der Waals surface area contributed by atoms with E-state index in [-0.39, 0.29) is 5.91 Å². The summed E-state index contributed by atoms with van der Waals surface area (Å²) in [4.78, 5) is 17.4. The highest BCUT2D eigenvalue weighted by molar-refractivity contribution is 6.01. The molecule has 0 atom stereocenters. The molecule has 1 aliphatic rings. The number of pyridine rings is 1. The van der Waals surface area contributed by atoms with Crippen molar-refractivity contribution in [2.24, 2.45) is 0 Å². The van der Waals surface area contributed by atoms with Gasteiger partial charge in [-0.3, -0.25) is 9.89 Å². The number of nitrogens with one attached hydrogen (secondary N) is 2. The van der Waals surface area contributed by atoms with E-state index < -0.39 is 17.2 Å². The van der Waals surface area contributed by atoms with Gasteiger partial charge in [0.05, 0.1) is 17.2 Å². The molecular weight excluding hydrogens is 417 g/mol. The van der Waals surface area contributed by atoms with Crippen LogP contribution in [0.25, 0.3) is 22.2 Å². The van der Waals surface area contributed by atoms with Gasteiger partial charge in [-0.05, 0) is 60.7 Å². The van der Waals surface area contributed by atoms with Gasteiger partial charge < -0.3 is 5.32 Å². The van der Waals surface area contributed by atoms with Crippen LogP contribution in [0.3, 0.4) is 0 Å². The molecule has 0 radical (unpaired) electrons. The van der Waals surface area contributed by atoms with Crippen molar-refractivity contribution in [2.45, 2.75) is 31.4 Å². The van der Waals surface area contributed by atoms with E-state index in [2.05, 4.69) is 20.5 Å². The number of hydrogen-bond acceptors (Lipinski definition) is 3. The fourth-order valence-electron chi connectivity index (χ4n) is 4.04. The molecule has 1 amide bonds. The molecule has 2 N–H and O–H groups in total. The highest BCUT2D eigenvalue weighted by Gasteiger charge is 2.51. The first-order valence-corrected chi connectivity index (χ1v) is 10.2. The van der Waals surface area contributed by atoms with Crippen LogP contribution in [-0.4, -0.2) is 21.1 Å². The second kappa shape index (κ2) is 7.19. The van der Waals surface area contributed by atoms with Gasteiger partial charge in [0, 0.05) is 16.8 Å². The lowest BCUT2D eigenvalue weighted by Gasteiger charge is -2.18. The zero-order valence-electron chi connectivity index (χ0n) is 17.1. The summed E-state index contributed by atoms with van der Waals surface area (Å²) in [6.45, 7) is 1.90. The lowest BCUT2D eigenvalue weighted by atomic mass is 9.93. The second-order valence-electron chi connectivity index (χ2n) is 8.14. The van der Waals surface area contributed by atoms with E-state index in [4.69, 9.17) is 0 Å². The molecule has 5 rings (SSSR count). The van der Waals surface area contributed by atoms with Crippen molar-refractivity contribution in [1.29, 1.82) is 0 Å². The van der Waals surface area contributed by atoms with Crippen molar-refractivity contribution in [3.63, 3.8) is 0 Å². The topological polar surface area (TPSA) is 70.7 Å². The Kier molecular flexibility index (Phi) is 4.54. The van der Waals surface area contributed by atoms with Crippen molar-refractivity contribution in [3.8, 4) is 11.1 Å². The normalized spacial score (nSPS) is 15.0. The van der Waals surface area contributed by atoms with E-state index in [1.165, 1.54) is 6.07 Å². The van der Waals surface area contributed by atoms with Gasteiger partial charge in [0.1, 0.15) is 0 Å². The Morgan fingerprint density at radius 3 is 2.53 bits per heavy atom. The van der Waals surface area contributed by atoms with E-state index in [0.29, 0.717) is 29.7 Å². The number of aryl methyl sites for hydroxylation is 1. The number of benzene rings is 2. The van der Waals surface area contributed by atoms with E-state index in [9.17, 15) is 18.0 Å². The van der Waals surface area contributed by atoms with Crippen molar-refractivity contribution in [2.75, 3.05) is 5.32 Å². The van der Waals surface area contributed by atoms with Gasteiger partial charge in [-0.2, -0.15) is 18.3 Å². The SMILES string of the molecule is Cc1cc(-c2ccc(NC(=O)C3(c4cccc(C(F)(F)F)c4)CC3)cc2)c2cn[nH]c2n1. The second-order valence-corrected chi connectivity index (χ2v) is 8.14. The maximum Gasteiger partial charge on any atom is 0.416 e. The first kappa shape index (κ1) is 20.2. The molecule has 2 aromatic carbocycles. The number of nitrogens with zero attached hydrogens (tertiary/aromatic N) is 2. The fourth-order valence-corrected chi connectivity index (χ4v) is 4.04. The number of carbonyl (C=O) groups excluding carboxylic acids is 1. The van der Waals surface area contributed by atoms with Crippen LogP contribution in [0, 0.1) is 6.92 Å². The Hall–Kier alpha value is -3.68. The molecule has 8 heteroatoms. The summed E-state index contributed by atoms with van der Waals surface area (Å²) < 4.78 is 39.3. The summed E-state index contributed by atoms with van der Waals surface area (Å²) in [5, 5.41) is 10.7. The third-order valence-corrected chi connectivity index (χ3v) is 5.93. The number of amides is 1. The maximum atomic E-state index is 13.1. The van der Waals surface area contributed by atoms with Crippen LogP contribution in [0.15, 0.2) is 60.8 Å². The molecule has 0 spiro atoms. The number of halogens is 3. The minimum absolute atomic E-state index is 0.290. The zero-order valence-corrected chi connectivity index (χ0v) is 17.1. The Labute approximate surface area is 181 Å². The number of anilines is 1. The summed E-state index contributed by atoms with van der Waals surface area (Å²) in [5.74, 6) is -0.290. The van der Waals surface area contributed by atoms with Crippen LogP contribution in [0.5, 0.6) is 0 Å². The van der Waals surface area contributed by atoms with Crippen LogP contribution in [-0.2, 0) is 16.4 Å². The molecule has 0 aliphatic heterocycles. The smallest absolute Gasteiger partial charge is 0.325 e. The average molecular weight is 436 g/mol. The summed E-state index contributed by atoms with van der Waals surface area (Å²) >= 11 is 0. The Balaban J connectivity index is 1.38. The van der Waals surface area contributed by atoms with Gasteiger partial charge >= 0.3 is 6.18 Å². The molecule has 4 aromatic rings.